The molecule has 0 radical (unpaired) electrons. The summed E-state index contributed by atoms with van der Waals surface area (Å²) in [5.41, 5.74) is 1.69. The summed E-state index contributed by atoms with van der Waals surface area (Å²) in [4.78, 5) is 14.2. The van der Waals surface area contributed by atoms with Crippen molar-refractivity contribution in [3.8, 4) is 0 Å². The summed E-state index contributed by atoms with van der Waals surface area (Å²) in [6, 6.07) is -0.383. The lowest BCUT2D eigenvalue weighted by Crippen LogP contribution is -2.33. The smallest absolute Gasteiger partial charge is 0.247 e. The standard InChI is InChI=1S/C14H19BrClN5O/c1-5-20-13(12(16)6-17-20)8-19(4)14(22)10(3)21-7-11(15)9(2)18-21/h6-7,10H,5,8H2,1-4H3. The molecule has 120 valence electrons. The highest BCUT2D eigenvalue weighted by Gasteiger charge is 2.22. The van der Waals surface area contributed by atoms with Crippen LogP contribution in [0.25, 0.3) is 0 Å². The first-order valence-electron chi connectivity index (χ1n) is 7.01. The zero-order valence-corrected chi connectivity index (χ0v) is 15.4. The topological polar surface area (TPSA) is 56.0 Å². The van der Waals surface area contributed by atoms with E-state index >= 15 is 0 Å². The lowest BCUT2D eigenvalue weighted by molar-refractivity contribution is -0.133. The Kier molecular flexibility index (Phi) is 5.28. The Bertz CT molecular complexity index is 661. The Morgan fingerprint density at radius 2 is 2.23 bits per heavy atom. The van der Waals surface area contributed by atoms with Crippen molar-refractivity contribution >= 4 is 33.4 Å². The fourth-order valence-corrected chi connectivity index (χ4v) is 2.70. The summed E-state index contributed by atoms with van der Waals surface area (Å²) in [5.74, 6) is -0.0325. The van der Waals surface area contributed by atoms with Gasteiger partial charge < -0.3 is 4.90 Å². The largest absolute Gasteiger partial charge is 0.338 e. The van der Waals surface area contributed by atoms with E-state index in [-0.39, 0.29) is 11.9 Å². The summed E-state index contributed by atoms with van der Waals surface area (Å²) < 4.78 is 4.35. The molecular formula is C14H19BrClN5O. The van der Waals surface area contributed by atoms with E-state index in [2.05, 4.69) is 26.1 Å². The highest BCUT2D eigenvalue weighted by atomic mass is 79.9. The van der Waals surface area contributed by atoms with Crippen LogP contribution in [0.2, 0.25) is 5.02 Å². The number of aromatic nitrogens is 4. The van der Waals surface area contributed by atoms with Crippen molar-refractivity contribution in [1.82, 2.24) is 24.5 Å². The van der Waals surface area contributed by atoms with Crippen LogP contribution in [0, 0.1) is 6.92 Å². The number of hydrogen-bond donors (Lipinski definition) is 0. The quantitative estimate of drug-likeness (QED) is 0.791. The van der Waals surface area contributed by atoms with Crippen LogP contribution in [0.5, 0.6) is 0 Å². The van der Waals surface area contributed by atoms with Crippen LogP contribution in [-0.2, 0) is 17.9 Å². The predicted octanol–water partition coefficient (Wildman–Crippen LogP) is 3.04. The van der Waals surface area contributed by atoms with Crippen molar-refractivity contribution in [3.05, 3.63) is 33.3 Å². The Labute approximate surface area is 143 Å². The number of aryl methyl sites for hydroxylation is 2. The van der Waals surface area contributed by atoms with E-state index in [4.69, 9.17) is 11.6 Å². The Morgan fingerprint density at radius 1 is 1.55 bits per heavy atom. The maximum atomic E-state index is 12.6. The fourth-order valence-electron chi connectivity index (χ4n) is 2.21. The van der Waals surface area contributed by atoms with Crippen molar-refractivity contribution < 1.29 is 4.79 Å². The molecule has 0 aliphatic heterocycles. The van der Waals surface area contributed by atoms with Crippen molar-refractivity contribution in [1.29, 1.82) is 0 Å². The molecule has 0 spiro atoms. The van der Waals surface area contributed by atoms with Gasteiger partial charge in [0.2, 0.25) is 5.91 Å². The number of rotatable bonds is 5. The number of amides is 1. The van der Waals surface area contributed by atoms with Gasteiger partial charge in [-0.25, -0.2) is 0 Å². The van der Waals surface area contributed by atoms with Crippen molar-refractivity contribution in [3.63, 3.8) is 0 Å². The molecule has 2 aromatic heterocycles. The second kappa shape index (κ2) is 6.83. The summed E-state index contributed by atoms with van der Waals surface area (Å²) in [7, 11) is 1.76. The summed E-state index contributed by atoms with van der Waals surface area (Å²) in [6.07, 6.45) is 3.42. The van der Waals surface area contributed by atoms with Crippen molar-refractivity contribution in [2.45, 2.75) is 39.9 Å². The van der Waals surface area contributed by atoms with Gasteiger partial charge in [0, 0.05) is 19.8 Å². The van der Waals surface area contributed by atoms with E-state index in [9.17, 15) is 4.79 Å². The highest BCUT2D eigenvalue weighted by Crippen LogP contribution is 2.20. The fraction of sp³-hybridized carbons (Fsp3) is 0.500. The summed E-state index contributed by atoms with van der Waals surface area (Å²) in [6.45, 7) is 6.83. The maximum absolute atomic E-state index is 12.6. The summed E-state index contributed by atoms with van der Waals surface area (Å²) >= 11 is 9.56. The molecule has 0 saturated heterocycles. The van der Waals surface area contributed by atoms with Crippen LogP contribution < -0.4 is 0 Å². The first-order chi connectivity index (χ1) is 10.3. The zero-order chi connectivity index (χ0) is 16.4. The van der Waals surface area contributed by atoms with E-state index in [1.807, 2.05) is 27.0 Å². The van der Waals surface area contributed by atoms with Gasteiger partial charge in [-0.2, -0.15) is 10.2 Å². The van der Waals surface area contributed by atoms with Crippen molar-refractivity contribution in [2.24, 2.45) is 0 Å². The number of nitrogens with zero attached hydrogens (tertiary/aromatic N) is 5. The number of carbonyl (C=O) groups excluding carboxylic acids is 1. The molecule has 0 aliphatic carbocycles. The molecule has 6 nitrogen and oxygen atoms in total. The minimum atomic E-state index is -0.383. The lowest BCUT2D eigenvalue weighted by Gasteiger charge is -2.22. The van der Waals surface area contributed by atoms with E-state index in [1.54, 1.807) is 27.5 Å². The molecule has 8 heteroatoms. The first kappa shape index (κ1) is 17.0. The molecule has 0 aromatic carbocycles. The third kappa shape index (κ3) is 3.35. The van der Waals surface area contributed by atoms with E-state index in [0.717, 1.165) is 15.9 Å². The third-order valence-electron chi connectivity index (χ3n) is 3.57. The van der Waals surface area contributed by atoms with Gasteiger partial charge >= 0.3 is 0 Å². The number of halogens is 2. The monoisotopic (exact) mass is 387 g/mol. The Morgan fingerprint density at radius 3 is 2.77 bits per heavy atom. The highest BCUT2D eigenvalue weighted by molar-refractivity contribution is 9.10. The predicted molar refractivity (Wildman–Crippen MR) is 88.8 cm³/mol. The van der Waals surface area contributed by atoms with Crippen molar-refractivity contribution in [2.75, 3.05) is 7.05 Å². The van der Waals surface area contributed by atoms with Crippen LogP contribution in [-0.4, -0.2) is 37.4 Å². The average molecular weight is 389 g/mol. The number of carbonyl (C=O) groups is 1. The molecule has 1 amide bonds. The molecule has 2 heterocycles. The molecule has 0 fully saturated rings. The SMILES string of the molecule is CCn1ncc(Cl)c1CN(C)C(=O)C(C)n1cc(Br)c(C)n1. The van der Waals surface area contributed by atoms with Crippen LogP contribution in [0.4, 0.5) is 0 Å². The average Bonchev–Trinajstić information content (AvgIpc) is 3.01. The molecule has 0 saturated carbocycles. The second-order valence-corrected chi connectivity index (χ2v) is 6.43. The van der Waals surface area contributed by atoms with E-state index < -0.39 is 0 Å². The van der Waals surface area contributed by atoms with Crippen LogP contribution in [0.1, 0.15) is 31.3 Å². The minimum Gasteiger partial charge on any atom is -0.338 e. The summed E-state index contributed by atoms with van der Waals surface area (Å²) in [5, 5.41) is 9.10. The van der Waals surface area contributed by atoms with Crippen LogP contribution >= 0.6 is 27.5 Å². The molecule has 0 bridgehead atoms. The normalized spacial score (nSPS) is 12.5. The first-order valence-corrected chi connectivity index (χ1v) is 8.18. The van der Waals surface area contributed by atoms with Gasteiger partial charge in [-0.05, 0) is 36.7 Å². The zero-order valence-electron chi connectivity index (χ0n) is 13.0. The van der Waals surface area contributed by atoms with Crippen LogP contribution in [0.15, 0.2) is 16.9 Å². The Hall–Kier alpha value is -1.34. The van der Waals surface area contributed by atoms with Gasteiger partial charge in [-0.3, -0.25) is 14.2 Å². The minimum absolute atomic E-state index is 0.0325. The van der Waals surface area contributed by atoms with E-state index in [0.29, 0.717) is 18.1 Å². The van der Waals surface area contributed by atoms with Gasteiger partial charge in [-0.1, -0.05) is 11.6 Å². The molecule has 22 heavy (non-hydrogen) atoms. The Balaban J connectivity index is 2.13. The molecule has 1 atom stereocenters. The maximum Gasteiger partial charge on any atom is 0.247 e. The van der Waals surface area contributed by atoms with Gasteiger partial charge in [0.15, 0.2) is 0 Å². The number of hydrogen-bond acceptors (Lipinski definition) is 3. The van der Waals surface area contributed by atoms with E-state index in [1.165, 1.54) is 0 Å². The molecule has 2 rings (SSSR count). The molecule has 1 unspecified atom stereocenters. The van der Waals surface area contributed by atoms with Crippen LogP contribution in [0.3, 0.4) is 0 Å². The number of likely N-dealkylation sites (N-methyl/N-ethyl adjacent to an activating group) is 1. The second-order valence-electron chi connectivity index (χ2n) is 5.17. The van der Waals surface area contributed by atoms with Gasteiger partial charge in [0.25, 0.3) is 0 Å². The molecule has 0 aliphatic rings. The van der Waals surface area contributed by atoms with Gasteiger partial charge in [-0.15, -0.1) is 0 Å². The molecular weight excluding hydrogens is 370 g/mol. The molecule has 0 N–H and O–H groups in total. The third-order valence-corrected chi connectivity index (χ3v) is 4.67. The lowest BCUT2D eigenvalue weighted by atomic mass is 10.3. The van der Waals surface area contributed by atoms with Gasteiger partial charge in [0.1, 0.15) is 6.04 Å². The molecule has 2 aromatic rings. The van der Waals surface area contributed by atoms with Gasteiger partial charge in [0.05, 0.1) is 33.6 Å².